The summed E-state index contributed by atoms with van der Waals surface area (Å²) in [5, 5.41) is 36.1. The van der Waals surface area contributed by atoms with Crippen LogP contribution in [0.25, 0.3) is 0 Å². The molecule has 0 aliphatic carbocycles. The number of carbonyl (C=O) groups excluding carboxylic acids is 1. The maximum Gasteiger partial charge on any atom is 0.134 e. The van der Waals surface area contributed by atoms with Gasteiger partial charge in [-0.15, -0.1) is 0 Å². The second-order valence-corrected chi connectivity index (χ2v) is 5.22. The molecule has 5 nitrogen and oxygen atoms in total. The molecule has 0 saturated carbocycles. The number of carboxylic acids is 1. The number of aliphatic carboxylic acids is 1. The summed E-state index contributed by atoms with van der Waals surface area (Å²) in [5.74, 6) is 8.88. The molecule has 0 saturated heterocycles. The Balaban J connectivity index is 0. The van der Waals surface area contributed by atoms with E-state index in [-0.39, 0.29) is 0 Å². The fraction of sp³-hybridized carbons (Fsp3) is 0.550. The molecule has 0 aliphatic rings. The molecule has 3 N–H and O–H groups in total. The summed E-state index contributed by atoms with van der Waals surface area (Å²) < 4.78 is 0. The molecular weight excluding hydrogens is 320 g/mol. The summed E-state index contributed by atoms with van der Waals surface area (Å²) in [4.78, 5) is 8.89. The van der Waals surface area contributed by atoms with E-state index in [4.69, 9.17) is 20.1 Å². The number of aliphatic hydroxyl groups excluding tert-OH is 3. The summed E-state index contributed by atoms with van der Waals surface area (Å²) in [5.41, 5.74) is 0. The van der Waals surface area contributed by atoms with Crippen molar-refractivity contribution in [3.63, 3.8) is 0 Å². The van der Waals surface area contributed by atoms with Gasteiger partial charge in [-0.25, -0.2) is 0 Å². The van der Waals surface area contributed by atoms with Gasteiger partial charge in [-0.2, -0.15) is 0 Å². The van der Waals surface area contributed by atoms with Crippen molar-refractivity contribution >= 4 is 5.97 Å². The van der Waals surface area contributed by atoms with Crippen LogP contribution in [0.15, 0.2) is 24.8 Å². The zero-order valence-corrected chi connectivity index (χ0v) is 14.9. The van der Waals surface area contributed by atoms with E-state index in [9.17, 15) is 5.11 Å². The van der Waals surface area contributed by atoms with E-state index in [2.05, 4.69) is 30.3 Å². The third kappa shape index (κ3) is 27.1. The minimum absolute atomic E-state index is 0.290. The van der Waals surface area contributed by atoms with Crippen LogP contribution in [0.5, 0.6) is 0 Å². The number of unbranched alkanes of at least 4 members (excludes halogenated alkanes) is 6. The SMILES string of the molecule is C=CC(O)C#CC#CC(O)C=CCCCCCCCCO.CC(=O)[O-]. The number of hydrogen-bond donors (Lipinski definition) is 3. The molecule has 0 aromatic rings. The Kier molecular flexibility index (Phi) is 20.2. The van der Waals surface area contributed by atoms with Gasteiger partial charge in [0.25, 0.3) is 0 Å². The highest BCUT2D eigenvalue weighted by Crippen LogP contribution is 2.07. The highest BCUT2D eigenvalue weighted by atomic mass is 16.4. The first-order valence-corrected chi connectivity index (χ1v) is 8.38. The molecule has 0 rings (SSSR count). The first-order chi connectivity index (χ1) is 11.9. The number of aliphatic hydroxyl groups is 3. The molecule has 2 unspecified atom stereocenters. The van der Waals surface area contributed by atoms with Crippen LogP contribution >= 0.6 is 0 Å². The zero-order chi connectivity index (χ0) is 19.3. The van der Waals surface area contributed by atoms with Gasteiger partial charge in [-0.3, -0.25) is 0 Å². The fourth-order valence-electron chi connectivity index (χ4n) is 1.63. The minimum atomic E-state index is -1.08. The van der Waals surface area contributed by atoms with Crippen LogP contribution in [-0.4, -0.2) is 40.1 Å². The van der Waals surface area contributed by atoms with E-state index in [0.29, 0.717) is 6.61 Å². The molecule has 0 heterocycles. The molecule has 5 heteroatoms. The van der Waals surface area contributed by atoms with Crippen molar-refractivity contribution in [2.75, 3.05) is 6.61 Å². The van der Waals surface area contributed by atoms with Gasteiger partial charge in [0.15, 0.2) is 0 Å². The van der Waals surface area contributed by atoms with Gasteiger partial charge in [0.2, 0.25) is 0 Å². The second-order valence-electron chi connectivity index (χ2n) is 5.22. The molecule has 2 atom stereocenters. The molecule has 0 aromatic carbocycles. The largest absolute Gasteiger partial charge is 0.550 e. The lowest BCUT2D eigenvalue weighted by Crippen LogP contribution is -2.16. The summed E-state index contributed by atoms with van der Waals surface area (Å²) >= 11 is 0. The molecule has 0 amide bonds. The molecule has 0 aliphatic heterocycles. The monoisotopic (exact) mass is 349 g/mol. The van der Waals surface area contributed by atoms with Crippen molar-refractivity contribution in [2.24, 2.45) is 0 Å². The van der Waals surface area contributed by atoms with Crippen LogP contribution in [0.4, 0.5) is 0 Å². The Morgan fingerprint density at radius 1 is 1.04 bits per heavy atom. The van der Waals surface area contributed by atoms with Gasteiger partial charge in [-0.1, -0.05) is 56.3 Å². The Labute approximate surface area is 151 Å². The fourth-order valence-corrected chi connectivity index (χ4v) is 1.63. The van der Waals surface area contributed by atoms with Crippen LogP contribution < -0.4 is 5.11 Å². The average molecular weight is 349 g/mol. The lowest BCUT2D eigenvalue weighted by molar-refractivity contribution is -0.302. The molecule has 0 spiro atoms. The lowest BCUT2D eigenvalue weighted by Gasteiger charge is -1.99. The predicted octanol–water partition coefficient (Wildman–Crippen LogP) is 0.936. The lowest BCUT2D eigenvalue weighted by atomic mass is 10.1. The van der Waals surface area contributed by atoms with Crippen molar-refractivity contribution in [3.8, 4) is 23.7 Å². The van der Waals surface area contributed by atoms with Crippen molar-refractivity contribution in [1.29, 1.82) is 0 Å². The Morgan fingerprint density at radius 2 is 1.52 bits per heavy atom. The quantitative estimate of drug-likeness (QED) is 0.309. The Morgan fingerprint density at radius 3 is 2.04 bits per heavy atom. The number of carbonyl (C=O) groups is 1. The van der Waals surface area contributed by atoms with Gasteiger partial charge >= 0.3 is 0 Å². The number of carboxylic acid groups (broad SMARTS) is 1. The van der Waals surface area contributed by atoms with Crippen LogP contribution in [0.2, 0.25) is 0 Å². The molecule has 0 aromatic heterocycles. The summed E-state index contributed by atoms with van der Waals surface area (Å²) in [7, 11) is 0. The van der Waals surface area contributed by atoms with Gasteiger partial charge in [0, 0.05) is 12.6 Å². The highest BCUT2D eigenvalue weighted by molar-refractivity contribution is 5.60. The first kappa shape index (κ1) is 25.2. The third-order valence-electron chi connectivity index (χ3n) is 2.82. The van der Waals surface area contributed by atoms with Gasteiger partial charge in [-0.05, 0) is 44.1 Å². The van der Waals surface area contributed by atoms with Crippen LogP contribution in [0, 0.1) is 23.7 Å². The zero-order valence-electron chi connectivity index (χ0n) is 14.9. The van der Waals surface area contributed by atoms with E-state index < -0.39 is 18.2 Å². The molecule has 0 radical (unpaired) electrons. The predicted molar refractivity (Wildman–Crippen MR) is 97.0 cm³/mol. The molecule has 0 bridgehead atoms. The molecule has 140 valence electrons. The average Bonchev–Trinajstić information content (AvgIpc) is 2.56. The molecule has 25 heavy (non-hydrogen) atoms. The van der Waals surface area contributed by atoms with Gasteiger partial charge in [0.05, 0.1) is 0 Å². The summed E-state index contributed by atoms with van der Waals surface area (Å²) in [6.45, 7) is 4.65. The summed E-state index contributed by atoms with van der Waals surface area (Å²) in [6, 6.07) is 0. The second kappa shape index (κ2) is 20.0. The maximum atomic E-state index is 9.54. The van der Waals surface area contributed by atoms with E-state index in [1.165, 1.54) is 25.3 Å². The Hall–Kier alpha value is -2.05. The van der Waals surface area contributed by atoms with E-state index in [1.807, 2.05) is 6.08 Å². The van der Waals surface area contributed by atoms with Crippen molar-refractivity contribution < 1.29 is 25.2 Å². The number of hydrogen-bond acceptors (Lipinski definition) is 5. The third-order valence-corrected chi connectivity index (χ3v) is 2.82. The number of rotatable bonds is 10. The maximum absolute atomic E-state index is 9.54. The standard InChI is InChI=1S/C18H26O3.C2H4O2/c1-2-17(20)13-10-11-15-18(21)14-9-7-5-3-4-6-8-12-16-19;1-2(3)4/h2,9,14,17-21H,1,3-8,12,16H2;1H3,(H,3,4)/p-1. The van der Waals surface area contributed by atoms with Crippen LogP contribution in [0.1, 0.15) is 51.9 Å². The smallest absolute Gasteiger partial charge is 0.134 e. The Bertz CT molecular complexity index is 484. The number of allylic oxidation sites excluding steroid dienone is 1. The first-order valence-electron chi connectivity index (χ1n) is 8.38. The van der Waals surface area contributed by atoms with Crippen molar-refractivity contribution in [2.45, 2.75) is 64.1 Å². The van der Waals surface area contributed by atoms with E-state index >= 15 is 0 Å². The van der Waals surface area contributed by atoms with Crippen LogP contribution in [-0.2, 0) is 4.79 Å². The highest BCUT2D eigenvalue weighted by Gasteiger charge is 1.92. The van der Waals surface area contributed by atoms with Crippen LogP contribution in [0.3, 0.4) is 0 Å². The normalized spacial score (nSPS) is 11.8. The van der Waals surface area contributed by atoms with E-state index in [1.54, 1.807) is 6.08 Å². The summed E-state index contributed by atoms with van der Waals surface area (Å²) in [6.07, 6.45) is 10.8. The van der Waals surface area contributed by atoms with Gasteiger partial charge in [0.1, 0.15) is 12.2 Å². The van der Waals surface area contributed by atoms with Crippen molar-refractivity contribution in [1.82, 2.24) is 0 Å². The van der Waals surface area contributed by atoms with Crippen molar-refractivity contribution in [3.05, 3.63) is 24.8 Å². The molecule has 0 fully saturated rings. The van der Waals surface area contributed by atoms with Gasteiger partial charge < -0.3 is 25.2 Å². The minimum Gasteiger partial charge on any atom is -0.550 e. The molecular formula is C20H29O5-. The topological polar surface area (TPSA) is 101 Å². The van der Waals surface area contributed by atoms with E-state index in [0.717, 1.165) is 32.6 Å².